The van der Waals surface area contributed by atoms with Gasteiger partial charge in [0.15, 0.2) is 5.79 Å². The fraction of sp³-hybridized carbons (Fsp3) is 0.733. The second-order valence-corrected chi connectivity index (χ2v) is 5.78. The van der Waals surface area contributed by atoms with Gasteiger partial charge in [0.05, 0.1) is 12.2 Å². The Morgan fingerprint density at radius 3 is 2.76 bits per heavy atom. The fourth-order valence-corrected chi connectivity index (χ4v) is 3.37. The van der Waals surface area contributed by atoms with Crippen molar-refractivity contribution >= 4 is 0 Å². The molecule has 2 heterocycles. The molecule has 0 amide bonds. The molecule has 0 aromatic carbocycles. The van der Waals surface area contributed by atoms with Gasteiger partial charge in [-0.25, -0.2) is 0 Å². The van der Waals surface area contributed by atoms with Crippen molar-refractivity contribution in [2.45, 2.75) is 63.4 Å². The molecule has 2 bridgehead atoms. The summed E-state index contributed by atoms with van der Waals surface area (Å²) in [6, 6.07) is 0. The van der Waals surface area contributed by atoms with Gasteiger partial charge in [0.25, 0.3) is 0 Å². The lowest BCUT2D eigenvalue weighted by molar-refractivity contribution is -0.291. The van der Waals surface area contributed by atoms with Gasteiger partial charge in [0.1, 0.15) is 0 Å². The van der Waals surface area contributed by atoms with Gasteiger partial charge in [-0.2, -0.15) is 0 Å². The van der Waals surface area contributed by atoms with E-state index in [1.165, 1.54) is 32.1 Å². The van der Waals surface area contributed by atoms with Crippen LogP contribution < -0.4 is 0 Å². The Balaban J connectivity index is 1.76. The zero-order valence-corrected chi connectivity index (χ0v) is 10.7. The summed E-state index contributed by atoms with van der Waals surface area (Å²) < 4.78 is 12.2. The Morgan fingerprint density at radius 1 is 1.24 bits per heavy atom. The summed E-state index contributed by atoms with van der Waals surface area (Å²) in [6.07, 6.45) is 12.6. The van der Waals surface area contributed by atoms with Crippen LogP contribution in [0.15, 0.2) is 24.3 Å². The molecule has 0 unspecified atom stereocenters. The molecule has 3 atom stereocenters. The lowest BCUT2D eigenvalue weighted by Crippen LogP contribution is -2.51. The smallest absolute Gasteiger partial charge is 0.192 e. The summed E-state index contributed by atoms with van der Waals surface area (Å²) in [7, 11) is 0. The molecule has 0 aromatic rings. The van der Waals surface area contributed by atoms with Gasteiger partial charge in [0.2, 0.25) is 0 Å². The lowest BCUT2D eigenvalue weighted by atomic mass is 9.81. The minimum Gasteiger partial charge on any atom is -0.342 e. The molecule has 0 aromatic heterocycles. The van der Waals surface area contributed by atoms with Gasteiger partial charge in [-0.05, 0) is 25.7 Å². The van der Waals surface area contributed by atoms with Gasteiger partial charge in [-0.3, -0.25) is 0 Å². The van der Waals surface area contributed by atoms with E-state index in [0.29, 0.717) is 6.10 Å². The van der Waals surface area contributed by atoms with E-state index in [4.69, 9.17) is 9.47 Å². The molecule has 3 aliphatic rings. The van der Waals surface area contributed by atoms with Gasteiger partial charge < -0.3 is 9.47 Å². The minimum atomic E-state index is -0.570. The van der Waals surface area contributed by atoms with Gasteiger partial charge >= 0.3 is 0 Å². The summed E-state index contributed by atoms with van der Waals surface area (Å²) in [4.78, 5) is 0. The van der Waals surface area contributed by atoms with Crippen molar-refractivity contribution in [2.75, 3.05) is 0 Å². The van der Waals surface area contributed by atoms with E-state index in [2.05, 4.69) is 18.7 Å². The highest BCUT2D eigenvalue weighted by atomic mass is 16.7. The quantitative estimate of drug-likeness (QED) is 0.690. The highest BCUT2D eigenvalue weighted by molar-refractivity contribution is 5.27. The van der Waals surface area contributed by atoms with Crippen molar-refractivity contribution in [3.05, 3.63) is 24.3 Å². The van der Waals surface area contributed by atoms with Crippen LogP contribution in [0.25, 0.3) is 0 Å². The highest BCUT2D eigenvalue weighted by Gasteiger charge is 2.44. The zero-order valence-electron chi connectivity index (χ0n) is 10.7. The fourth-order valence-electron chi connectivity index (χ4n) is 3.37. The van der Waals surface area contributed by atoms with Crippen LogP contribution in [0.4, 0.5) is 0 Å². The molecule has 2 fully saturated rings. The van der Waals surface area contributed by atoms with Crippen LogP contribution in [0.5, 0.6) is 0 Å². The molecule has 17 heavy (non-hydrogen) atoms. The number of hydrogen-bond acceptors (Lipinski definition) is 2. The van der Waals surface area contributed by atoms with E-state index in [1.54, 1.807) is 0 Å². The summed E-state index contributed by atoms with van der Waals surface area (Å²) >= 11 is 0. The van der Waals surface area contributed by atoms with Crippen LogP contribution in [0.1, 0.15) is 45.4 Å². The van der Waals surface area contributed by atoms with Crippen LogP contribution in [0.3, 0.4) is 0 Å². The summed E-state index contributed by atoms with van der Waals surface area (Å²) in [5.74, 6) is 0.161. The third-order valence-electron chi connectivity index (χ3n) is 4.49. The molecule has 3 rings (SSSR count). The molecule has 0 radical (unpaired) electrons. The van der Waals surface area contributed by atoms with E-state index in [1.807, 2.05) is 6.92 Å². The molecule has 1 aliphatic carbocycles. The predicted molar refractivity (Wildman–Crippen MR) is 67.6 cm³/mol. The summed E-state index contributed by atoms with van der Waals surface area (Å²) in [5, 5.41) is 0. The first-order chi connectivity index (χ1) is 8.17. The van der Waals surface area contributed by atoms with E-state index in [-0.39, 0.29) is 6.10 Å². The van der Waals surface area contributed by atoms with Crippen LogP contribution >= 0.6 is 0 Å². The maximum absolute atomic E-state index is 6.22. The van der Waals surface area contributed by atoms with Crippen molar-refractivity contribution in [1.82, 2.24) is 0 Å². The first-order valence-electron chi connectivity index (χ1n) is 6.90. The molecular formula is C15H22O2. The third-order valence-corrected chi connectivity index (χ3v) is 4.49. The first-order valence-corrected chi connectivity index (χ1v) is 6.90. The molecule has 0 N–H and O–H groups in total. The molecular weight excluding hydrogens is 212 g/mol. The zero-order chi connectivity index (χ0) is 11.9. The second-order valence-electron chi connectivity index (χ2n) is 5.78. The Hall–Kier alpha value is -0.600. The number of hydrogen-bond donors (Lipinski definition) is 0. The van der Waals surface area contributed by atoms with Gasteiger partial charge in [0, 0.05) is 12.0 Å². The standard InChI is InChI=1S/C15H22O2/c1-11-8-9-13-10-14(17-15(11,2)16-13)12-6-4-3-5-7-12/h8-9,12-14H,1,3-7,10H2,2H3/t13-,14+,15-/m1/s1. The van der Waals surface area contributed by atoms with Crippen molar-refractivity contribution in [3.63, 3.8) is 0 Å². The maximum Gasteiger partial charge on any atom is 0.192 e. The predicted octanol–water partition coefficient (Wildman–Crippen LogP) is 3.58. The van der Waals surface area contributed by atoms with Crippen molar-refractivity contribution in [3.8, 4) is 0 Å². The van der Waals surface area contributed by atoms with Crippen LogP contribution in [-0.2, 0) is 9.47 Å². The Morgan fingerprint density at radius 2 is 2.00 bits per heavy atom. The molecule has 2 aliphatic heterocycles. The molecule has 94 valence electrons. The number of ether oxygens (including phenoxy) is 2. The SMILES string of the molecule is C=C1C=C[C@@H]2C[C@@H](C3CCCCC3)O[C@@]1(C)O2. The summed E-state index contributed by atoms with van der Waals surface area (Å²) in [6.45, 7) is 6.06. The average molecular weight is 234 g/mol. The largest absolute Gasteiger partial charge is 0.342 e. The molecule has 0 spiro atoms. The van der Waals surface area contributed by atoms with Crippen LogP contribution in [0, 0.1) is 5.92 Å². The van der Waals surface area contributed by atoms with Crippen LogP contribution in [-0.4, -0.2) is 18.0 Å². The van der Waals surface area contributed by atoms with E-state index < -0.39 is 5.79 Å². The normalized spacial score (nSPS) is 42.8. The maximum atomic E-state index is 6.22. The van der Waals surface area contributed by atoms with Crippen molar-refractivity contribution in [2.24, 2.45) is 5.92 Å². The Bertz CT molecular complexity index is 341. The van der Waals surface area contributed by atoms with Crippen molar-refractivity contribution in [1.29, 1.82) is 0 Å². The Labute approximate surface area is 104 Å². The number of fused-ring (bicyclic) bond motifs is 2. The van der Waals surface area contributed by atoms with E-state index in [9.17, 15) is 0 Å². The lowest BCUT2D eigenvalue weighted by Gasteiger charge is -2.47. The second kappa shape index (κ2) is 4.25. The first kappa shape index (κ1) is 11.5. The topological polar surface area (TPSA) is 18.5 Å². The Kier molecular flexibility index (Phi) is 2.87. The monoisotopic (exact) mass is 234 g/mol. The average Bonchev–Trinajstić information content (AvgIpc) is 2.35. The highest BCUT2D eigenvalue weighted by Crippen LogP contribution is 2.41. The molecule has 2 nitrogen and oxygen atoms in total. The molecule has 1 saturated heterocycles. The minimum absolute atomic E-state index is 0.228. The van der Waals surface area contributed by atoms with Gasteiger partial charge in [-0.1, -0.05) is 38.0 Å². The van der Waals surface area contributed by atoms with Gasteiger partial charge in [-0.15, -0.1) is 0 Å². The third kappa shape index (κ3) is 2.09. The number of rotatable bonds is 1. The van der Waals surface area contributed by atoms with E-state index in [0.717, 1.165) is 17.9 Å². The van der Waals surface area contributed by atoms with Crippen molar-refractivity contribution < 1.29 is 9.47 Å². The molecule has 2 heteroatoms. The molecule has 1 saturated carbocycles. The van der Waals surface area contributed by atoms with Crippen LogP contribution in [0.2, 0.25) is 0 Å². The summed E-state index contributed by atoms with van der Waals surface area (Å²) in [5.41, 5.74) is 0.953. The van der Waals surface area contributed by atoms with E-state index >= 15 is 0 Å².